The second kappa shape index (κ2) is 8.76. The van der Waals surface area contributed by atoms with Crippen LogP contribution in [0.2, 0.25) is 0 Å². The number of hydrogen-bond acceptors (Lipinski definition) is 4. The predicted molar refractivity (Wildman–Crippen MR) is 110 cm³/mol. The lowest BCUT2D eigenvalue weighted by Crippen LogP contribution is -2.36. The number of carboxylic acids is 1. The van der Waals surface area contributed by atoms with Crippen molar-refractivity contribution >= 4 is 11.7 Å². The Morgan fingerprint density at radius 3 is 2.61 bits per heavy atom. The third-order valence-electron chi connectivity index (χ3n) is 5.83. The van der Waals surface area contributed by atoms with E-state index >= 15 is 0 Å². The van der Waals surface area contributed by atoms with E-state index in [4.69, 9.17) is 9.84 Å². The van der Waals surface area contributed by atoms with Gasteiger partial charge in [0.15, 0.2) is 0 Å². The molecule has 2 fully saturated rings. The Balaban J connectivity index is 1.40. The number of hydrogen-bond donors (Lipinski definition) is 1. The number of carboxylic acid groups (broad SMARTS) is 1. The zero-order valence-corrected chi connectivity index (χ0v) is 16.2. The van der Waals surface area contributed by atoms with E-state index in [2.05, 4.69) is 34.1 Å². The maximum Gasteiger partial charge on any atom is 0.335 e. The van der Waals surface area contributed by atoms with E-state index < -0.39 is 5.97 Å². The van der Waals surface area contributed by atoms with E-state index in [0.29, 0.717) is 11.5 Å². The van der Waals surface area contributed by atoms with Gasteiger partial charge in [-0.2, -0.15) is 0 Å². The minimum atomic E-state index is -0.864. The molecule has 0 spiro atoms. The molecular weight excluding hydrogens is 352 g/mol. The van der Waals surface area contributed by atoms with Gasteiger partial charge in [-0.25, -0.2) is 4.79 Å². The first-order valence-corrected chi connectivity index (χ1v) is 10.2. The lowest BCUT2D eigenvalue weighted by molar-refractivity contribution is 0.0697. The molecule has 2 aromatic rings. The summed E-state index contributed by atoms with van der Waals surface area (Å²) < 4.78 is 5.46. The van der Waals surface area contributed by atoms with Crippen LogP contribution >= 0.6 is 0 Å². The highest BCUT2D eigenvalue weighted by atomic mass is 16.5. The SMILES string of the molecule is O=C(O)c1ccc([C@@H]2CCCN(Cc3cccc(N4CCOCC4)c3)C2)cc1. The number of aromatic carboxylic acids is 1. The van der Waals surface area contributed by atoms with Crippen molar-refractivity contribution < 1.29 is 14.6 Å². The highest BCUT2D eigenvalue weighted by Gasteiger charge is 2.22. The van der Waals surface area contributed by atoms with Gasteiger partial charge in [-0.1, -0.05) is 24.3 Å². The van der Waals surface area contributed by atoms with Crippen molar-refractivity contribution in [2.24, 2.45) is 0 Å². The normalized spacial score (nSPS) is 20.9. The average molecular weight is 380 g/mol. The number of anilines is 1. The Kier molecular flexibility index (Phi) is 5.93. The van der Waals surface area contributed by atoms with Gasteiger partial charge in [0.2, 0.25) is 0 Å². The summed E-state index contributed by atoms with van der Waals surface area (Å²) in [7, 11) is 0. The maximum absolute atomic E-state index is 11.1. The van der Waals surface area contributed by atoms with Crippen LogP contribution in [0.5, 0.6) is 0 Å². The van der Waals surface area contributed by atoms with Gasteiger partial charge < -0.3 is 14.7 Å². The first kappa shape index (κ1) is 19.0. The van der Waals surface area contributed by atoms with Crippen molar-refractivity contribution in [1.82, 2.24) is 4.90 Å². The van der Waals surface area contributed by atoms with Crippen LogP contribution in [0.25, 0.3) is 0 Å². The molecule has 0 bridgehead atoms. The molecule has 0 radical (unpaired) electrons. The summed E-state index contributed by atoms with van der Waals surface area (Å²) in [6.07, 6.45) is 2.34. The molecule has 2 aromatic carbocycles. The second-order valence-corrected chi connectivity index (χ2v) is 7.77. The Morgan fingerprint density at radius 1 is 1.07 bits per heavy atom. The Bertz CT molecular complexity index is 800. The fraction of sp³-hybridized carbons (Fsp3) is 0.435. The van der Waals surface area contributed by atoms with Crippen molar-refractivity contribution in [3.05, 3.63) is 65.2 Å². The summed E-state index contributed by atoms with van der Waals surface area (Å²) in [6, 6.07) is 16.3. The van der Waals surface area contributed by atoms with Gasteiger partial charge in [-0.15, -0.1) is 0 Å². The number of benzene rings is 2. The van der Waals surface area contributed by atoms with Crippen LogP contribution in [-0.4, -0.2) is 55.4 Å². The van der Waals surface area contributed by atoms with Crippen molar-refractivity contribution in [3.63, 3.8) is 0 Å². The van der Waals surface area contributed by atoms with Crippen LogP contribution in [-0.2, 0) is 11.3 Å². The maximum atomic E-state index is 11.1. The molecule has 0 saturated carbocycles. The van der Waals surface area contributed by atoms with Crippen molar-refractivity contribution in [1.29, 1.82) is 0 Å². The molecule has 0 amide bonds. The van der Waals surface area contributed by atoms with Crippen LogP contribution in [0.3, 0.4) is 0 Å². The Labute approximate surface area is 166 Å². The minimum Gasteiger partial charge on any atom is -0.478 e. The Morgan fingerprint density at radius 2 is 1.86 bits per heavy atom. The summed E-state index contributed by atoms with van der Waals surface area (Å²) in [4.78, 5) is 16.0. The molecule has 1 atom stereocenters. The van der Waals surface area contributed by atoms with Crippen LogP contribution < -0.4 is 4.90 Å². The van der Waals surface area contributed by atoms with E-state index in [1.807, 2.05) is 12.1 Å². The number of nitrogens with zero attached hydrogens (tertiary/aromatic N) is 2. The van der Waals surface area contributed by atoms with E-state index in [-0.39, 0.29) is 0 Å². The summed E-state index contributed by atoms with van der Waals surface area (Å²) in [5.41, 5.74) is 4.25. The monoisotopic (exact) mass is 380 g/mol. The average Bonchev–Trinajstić information content (AvgIpc) is 2.75. The highest BCUT2D eigenvalue weighted by Crippen LogP contribution is 2.28. The molecule has 28 heavy (non-hydrogen) atoms. The summed E-state index contributed by atoms with van der Waals surface area (Å²) in [6.45, 7) is 6.63. The van der Waals surface area contributed by atoms with Crippen LogP contribution in [0.15, 0.2) is 48.5 Å². The van der Waals surface area contributed by atoms with Gasteiger partial charge in [0.1, 0.15) is 0 Å². The molecule has 1 N–H and O–H groups in total. The standard InChI is InChI=1S/C23H28N2O3/c26-23(27)20-8-6-19(7-9-20)21-4-2-10-24(17-21)16-18-3-1-5-22(15-18)25-11-13-28-14-12-25/h1,3,5-9,15,21H,2,4,10-14,16-17H2,(H,26,27)/t21-/m1/s1. The van der Waals surface area contributed by atoms with Crippen LogP contribution in [0.4, 0.5) is 5.69 Å². The quantitative estimate of drug-likeness (QED) is 0.859. The lowest BCUT2D eigenvalue weighted by Gasteiger charge is -2.33. The van der Waals surface area contributed by atoms with Gasteiger partial charge in [0, 0.05) is 31.9 Å². The van der Waals surface area contributed by atoms with Gasteiger partial charge in [0.25, 0.3) is 0 Å². The third kappa shape index (κ3) is 4.54. The molecule has 0 aliphatic carbocycles. The first-order chi connectivity index (χ1) is 13.7. The molecule has 2 aliphatic rings. The fourth-order valence-corrected chi connectivity index (χ4v) is 4.30. The molecule has 5 nitrogen and oxygen atoms in total. The van der Waals surface area contributed by atoms with Crippen molar-refractivity contribution in [2.75, 3.05) is 44.3 Å². The summed E-state index contributed by atoms with van der Waals surface area (Å²) >= 11 is 0. The molecule has 0 unspecified atom stereocenters. The van der Waals surface area contributed by atoms with E-state index in [1.165, 1.54) is 23.2 Å². The fourth-order valence-electron chi connectivity index (χ4n) is 4.30. The number of ether oxygens (including phenoxy) is 1. The van der Waals surface area contributed by atoms with Gasteiger partial charge in [-0.3, -0.25) is 4.90 Å². The molecule has 148 valence electrons. The van der Waals surface area contributed by atoms with Crippen LogP contribution in [0, 0.1) is 0 Å². The lowest BCUT2D eigenvalue weighted by atomic mass is 9.90. The van der Waals surface area contributed by atoms with E-state index in [0.717, 1.165) is 52.4 Å². The number of carbonyl (C=O) groups is 1. The number of morpholine rings is 1. The van der Waals surface area contributed by atoms with Crippen LogP contribution in [0.1, 0.15) is 40.2 Å². The van der Waals surface area contributed by atoms with Gasteiger partial charge in [-0.05, 0) is 60.7 Å². The first-order valence-electron chi connectivity index (χ1n) is 10.2. The molecule has 2 aliphatic heterocycles. The number of likely N-dealkylation sites (tertiary alicyclic amines) is 1. The van der Waals surface area contributed by atoms with Crippen molar-refractivity contribution in [2.45, 2.75) is 25.3 Å². The molecule has 5 heteroatoms. The predicted octanol–water partition coefficient (Wildman–Crippen LogP) is 3.60. The smallest absolute Gasteiger partial charge is 0.335 e. The zero-order valence-electron chi connectivity index (χ0n) is 16.2. The van der Waals surface area contributed by atoms with Crippen molar-refractivity contribution in [3.8, 4) is 0 Å². The molecule has 0 aromatic heterocycles. The molecule has 2 heterocycles. The second-order valence-electron chi connectivity index (χ2n) is 7.77. The van der Waals surface area contributed by atoms with E-state index in [1.54, 1.807) is 12.1 Å². The third-order valence-corrected chi connectivity index (χ3v) is 5.83. The molecule has 4 rings (SSSR count). The number of rotatable bonds is 5. The largest absolute Gasteiger partial charge is 0.478 e. The molecular formula is C23H28N2O3. The number of piperidine rings is 1. The van der Waals surface area contributed by atoms with Gasteiger partial charge in [0.05, 0.1) is 18.8 Å². The van der Waals surface area contributed by atoms with E-state index in [9.17, 15) is 4.79 Å². The summed E-state index contributed by atoms with van der Waals surface area (Å²) in [5.74, 6) is -0.393. The highest BCUT2D eigenvalue weighted by molar-refractivity contribution is 5.87. The Hall–Kier alpha value is -2.37. The topological polar surface area (TPSA) is 53.0 Å². The molecule has 2 saturated heterocycles. The minimum absolute atomic E-state index is 0.358. The van der Waals surface area contributed by atoms with Gasteiger partial charge >= 0.3 is 5.97 Å². The zero-order chi connectivity index (χ0) is 19.3. The summed E-state index contributed by atoms with van der Waals surface area (Å²) in [5, 5.41) is 9.09.